The fraction of sp³-hybridized carbons (Fsp3) is 0.150. The first-order valence-electron chi connectivity index (χ1n) is 8.14. The number of H-pyrrole nitrogens is 1. The van der Waals surface area contributed by atoms with Crippen molar-refractivity contribution in [2.45, 2.75) is 19.0 Å². The number of imidazole rings is 1. The molecule has 1 unspecified atom stereocenters. The molecule has 0 aliphatic rings. The molecular formula is C20H20N4. The SMILES string of the molecule is C=CCn1c(C(N)Cc2c[nH]c3ccccc23)nc2ccccc21. The van der Waals surface area contributed by atoms with Crippen molar-refractivity contribution in [1.82, 2.24) is 14.5 Å². The van der Waals surface area contributed by atoms with Crippen molar-refractivity contribution >= 4 is 21.9 Å². The summed E-state index contributed by atoms with van der Waals surface area (Å²) < 4.78 is 2.15. The van der Waals surface area contributed by atoms with E-state index in [4.69, 9.17) is 10.7 Å². The van der Waals surface area contributed by atoms with E-state index < -0.39 is 0 Å². The highest BCUT2D eigenvalue weighted by Crippen LogP contribution is 2.25. The Kier molecular flexibility index (Phi) is 3.67. The van der Waals surface area contributed by atoms with Gasteiger partial charge in [-0.2, -0.15) is 0 Å². The highest BCUT2D eigenvalue weighted by atomic mass is 15.1. The van der Waals surface area contributed by atoms with Crippen LogP contribution < -0.4 is 5.73 Å². The van der Waals surface area contributed by atoms with Gasteiger partial charge in [0, 0.05) is 23.6 Å². The number of hydrogen-bond donors (Lipinski definition) is 2. The maximum absolute atomic E-state index is 6.54. The molecule has 2 aromatic carbocycles. The van der Waals surface area contributed by atoms with E-state index in [1.54, 1.807) is 0 Å². The minimum atomic E-state index is -0.170. The molecule has 0 spiro atoms. The third-order valence-electron chi connectivity index (χ3n) is 4.44. The lowest BCUT2D eigenvalue weighted by Gasteiger charge is -2.13. The van der Waals surface area contributed by atoms with E-state index in [-0.39, 0.29) is 6.04 Å². The minimum absolute atomic E-state index is 0.170. The second-order valence-electron chi connectivity index (χ2n) is 6.03. The van der Waals surface area contributed by atoms with Crippen LogP contribution in [0.3, 0.4) is 0 Å². The number of benzene rings is 2. The van der Waals surface area contributed by atoms with E-state index in [1.807, 2.05) is 36.5 Å². The number of nitrogens with two attached hydrogens (primary N) is 1. The number of nitrogens with one attached hydrogen (secondary N) is 1. The topological polar surface area (TPSA) is 59.6 Å². The Morgan fingerprint density at radius 3 is 2.83 bits per heavy atom. The molecule has 0 saturated carbocycles. The lowest BCUT2D eigenvalue weighted by Crippen LogP contribution is -2.18. The van der Waals surface area contributed by atoms with Crippen molar-refractivity contribution in [3.63, 3.8) is 0 Å². The molecule has 0 aliphatic carbocycles. The maximum atomic E-state index is 6.54. The Hall–Kier alpha value is -2.85. The normalized spacial score (nSPS) is 12.7. The van der Waals surface area contributed by atoms with Gasteiger partial charge in [-0.1, -0.05) is 36.4 Å². The number of nitrogens with zero attached hydrogens (tertiary/aromatic N) is 2. The van der Waals surface area contributed by atoms with Gasteiger partial charge in [-0.3, -0.25) is 0 Å². The fourth-order valence-corrected chi connectivity index (χ4v) is 3.33. The Bertz CT molecular complexity index is 1010. The van der Waals surface area contributed by atoms with Crippen LogP contribution in [-0.2, 0) is 13.0 Å². The Morgan fingerprint density at radius 1 is 1.17 bits per heavy atom. The van der Waals surface area contributed by atoms with Crippen LogP contribution in [0.1, 0.15) is 17.4 Å². The van der Waals surface area contributed by atoms with Crippen molar-refractivity contribution in [1.29, 1.82) is 0 Å². The zero-order valence-corrected chi connectivity index (χ0v) is 13.4. The van der Waals surface area contributed by atoms with Gasteiger partial charge in [0.2, 0.25) is 0 Å². The molecular weight excluding hydrogens is 296 g/mol. The van der Waals surface area contributed by atoms with Gasteiger partial charge >= 0.3 is 0 Å². The van der Waals surface area contributed by atoms with Crippen LogP contribution in [0.2, 0.25) is 0 Å². The van der Waals surface area contributed by atoms with Crippen LogP contribution in [0.25, 0.3) is 21.9 Å². The van der Waals surface area contributed by atoms with E-state index in [0.717, 1.165) is 28.8 Å². The van der Waals surface area contributed by atoms with E-state index in [0.29, 0.717) is 6.54 Å². The summed E-state index contributed by atoms with van der Waals surface area (Å²) in [6, 6.07) is 16.3. The fourth-order valence-electron chi connectivity index (χ4n) is 3.33. The summed E-state index contributed by atoms with van der Waals surface area (Å²) in [5, 5.41) is 1.22. The zero-order valence-electron chi connectivity index (χ0n) is 13.4. The average Bonchev–Trinajstić information content (AvgIpc) is 3.18. The Labute approximate surface area is 140 Å². The minimum Gasteiger partial charge on any atom is -0.361 e. The number of hydrogen-bond acceptors (Lipinski definition) is 2. The molecule has 24 heavy (non-hydrogen) atoms. The smallest absolute Gasteiger partial charge is 0.127 e. The summed E-state index contributed by atoms with van der Waals surface area (Å²) in [7, 11) is 0. The molecule has 0 aliphatic heterocycles. The summed E-state index contributed by atoms with van der Waals surface area (Å²) in [5.74, 6) is 0.904. The third-order valence-corrected chi connectivity index (χ3v) is 4.44. The van der Waals surface area contributed by atoms with Crippen LogP contribution in [-0.4, -0.2) is 14.5 Å². The number of aromatic amines is 1. The molecule has 2 aromatic heterocycles. The quantitative estimate of drug-likeness (QED) is 0.548. The lowest BCUT2D eigenvalue weighted by atomic mass is 10.1. The van der Waals surface area contributed by atoms with Crippen LogP contribution in [0.4, 0.5) is 0 Å². The first kappa shape index (κ1) is 14.7. The van der Waals surface area contributed by atoms with Crippen molar-refractivity contribution in [2.24, 2.45) is 5.73 Å². The van der Waals surface area contributed by atoms with Gasteiger partial charge in [-0.15, -0.1) is 6.58 Å². The largest absolute Gasteiger partial charge is 0.361 e. The molecule has 4 heteroatoms. The standard InChI is InChI=1S/C20H20N4/c1-2-11-24-19-10-6-5-9-18(19)23-20(24)16(21)12-14-13-22-17-8-4-3-7-15(14)17/h2-10,13,16,22H,1,11-12,21H2. The average molecular weight is 316 g/mol. The number of aromatic nitrogens is 3. The number of para-hydroxylation sites is 3. The predicted octanol–water partition coefficient (Wildman–Crippen LogP) is 3.95. The van der Waals surface area contributed by atoms with Gasteiger partial charge in [-0.05, 0) is 30.2 Å². The second-order valence-corrected chi connectivity index (χ2v) is 6.03. The first-order chi connectivity index (χ1) is 11.8. The van der Waals surface area contributed by atoms with E-state index in [9.17, 15) is 0 Å². The highest BCUT2D eigenvalue weighted by Gasteiger charge is 2.18. The summed E-state index contributed by atoms with van der Waals surface area (Å²) in [4.78, 5) is 8.08. The molecule has 4 nitrogen and oxygen atoms in total. The molecule has 0 fully saturated rings. The summed E-state index contributed by atoms with van der Waals surface area (Å²) >= 11 is 0. The molecule has 0 amide bonds. The van der Waals surface area contributed by atoms with Crippen LogP contribution in [0.5, 0.6) is 0 Å². The van der Waals surface area contributed by atoms with Crippen molar-refractivity contribution in [3.05, 3.63) is 78.8 Å². The summed E-state index contributed by atoms with van der Waals surface area (Å²) in [5.41, 5.74) is 11.0. The van der Waals surface area contributed by atoms with Crippen molar-refractivity contribution < 1.29 is 0 Å². The van der Waals surface area contributed by atoms with Gasteiger partial charge in [0.25, 0.3) is 0 Å². The number of fused-ring (bicyclic) bond motifs is 2. The van der Waals surface area contributed by atoms with Crippen molar-refractivity contribution in [2.75, 3.05) is 0 Å². The first-order valence-corrected chi connectivity index (χ1v) is 8.14. The van der Waals surface area contributed by atoms with Gasteiger partial charge in [0.1, 0.15) is 5.82 Å². The van der Waals surface area contributed by atoms with Gasteiger partial charge < -0.3 is 15.3 Å². The zero-order chi connectivity index (χ0) is 16.5. The Morgan fingerprint density at radius 2 is 1.96 bits per heavy atom. The Balaban J connectivity index is 1.74. The second kappa shape index (κ2) is 5.98. The molecule has 3 N–H and O–H groups in total. The number of rotatable bonds is 5. The van der Waals surface area contributed by atoms with E-state index >= 15 is 0 Å². The maximum Gasteiger partial charge on any atom is 0.127 e. The van der Waals surface area contributed by atoms with E-state index in [2.05, 4.69) is 40.4 Å². The van der Waals surface area contributed by atoms with Crippen LogP contribution in [0, 0.1) is 0 Å². The van der Waals surface area contributed by atoms with Gasteiger partial charge in [-0.25, -0.2) is 4.98 Å². The lowest BCUT2D eigenvalue weighted by molar-refractivity contribution is 0.624. The molecule has 120 valence electrons. The summed E-state index contributed by atoms with van der Waals surface area (Å²) in [6.45, 7) is 4.57. The third kappa shape index (κ3) is 2.41. The van der Waals surface area contributed by atoms with E-state index in [1.165, 1.54) is 10.9 Å². The number of allylic oxidation sites excluding steroid dienone is 1. The molecule has 2 heterocycles. The van der Waals surface area contributed by atoms with Gasteiger partial charge in [0.15, 0.2) is 0 Å². The highest BCUT2D eigenvalue weighted by molar-refractivity contribution is 5.83. The molecule has 4 aromatic rings. The predicted molar refractivity (Wildman–Crippen MR) is 98.9 cm³/mol. The van der Waals surface area contributed by atoms with Crippen LogP contribution >= 0.6 is 0 Å². The van der Waals surface area contributed by atoms with Crippen LogP contribution in [0.15, 0.2) is 67.4 Å². The summed E-state index contributed by atoms with van der Waals surface area (Å²) in [6.07, 6.45) is 4.67. The van der Waals surface area contributed by atoms with Gasteiger partial charge in [0.05, 0.1) is 17.1 Å². The molecule has 0 radical (unpaired) electrons. The molecule has 0 saturated heterocycles. The molecule has 1 atom stereocenters. The molecule has 0 bridgehead atoms. The monoisotopic (exact) mass is 316 g/mol. The van der Waals surface area contributed by atoms with Crippen molar-refractivity contribution in [3.8, 4) is 0 Å². The molecule has 4 rings (SSSR count).